The van der Waals surface area contributed by atoms with Gasteiger partial charge in [-0.15, -0.1) is 0 Å². The molecule has 100 valence electrons. The van der Waals surface area contributed by atoms with E-state index in [2.05, 4.69) is 44.3 Å². The maximum absolute atomic E-state index is 12.9. The fraction of sp³-hybridized carbons (Fsp3) is 0.294. The summed E-state index contributed by atoms with van der Waals surface area (Å²) < 4.78 is 12.9. The lowest BCUT2D eigenvalue weighted by molar-refractivity contribution is 0.569. The molecule has 0 radical (unpaired) electrons. The van der Waals surface area contributed by atoms with Crippen molar-refractivity contribution in [2.75, 3.05) is 0 Å². The first-order chi connectivity index (χ1) is 9.08. The van der Waals surface area contributed by atoms with Gasteiger partial charge in [0.05, 0.1) is 0 Å². The van der Waals surface area contributed by atoms with E-state index in [1.54, 1.807) is 0 Å². The molecule has 0 saturated heterocycles. The van der Waals surface area contributed by atoms with Gasteiger partial charge in [0, 0.05) is 12.6 Å². The van der Waals surface area contributed by atoms with Crippen LogP contribution in [0, 0.1) is 19.7 Å². The van der Waals surface area contributed by atoms with Crippen LogP contribution in [0.2, 0.25) is 0 Å². The molecule has 0 aliphatic carbocycles. The molecule has 2 rings (SSSR count). The standard InChI is InChI=1S/C17H20FN/c1-12-5-4-6-16(13(12)2)11-19-14(3)15-7-9-17(18)10-8-15/h4-10,14,19H,11H2,1-3H3/t14-/m1/s1. The number of hydrogen-bond acceptors (Lipinski definition) is 1. The van der Waals surface area contributed by atoms with Gasteiger partial charge in [-0.2, -0.15) is 0 Å². The van der Waals surface area contributed by atoms with Gasteiger partial charge in [0.15, 0.2) is 0 Å². The summed E-state index contributed by atoms with van der Waals surface area (Å²) >= 11 is 0. The Balaban J connectivity index is 2.02. The van der Waals surface area contributed by atoms with E-state index < -0.39 is 0 Å². The molecule has 0 unspecified atom stereocenters. The zero-order chi connectivity index (χ0) is 13.8. The molecule has 19 heavy (non-hydrogen) atoms. The van der Waals surface area contributed by atoms with Gasteiger partial charge in [-0.25, -0.2) is 4.39 Å². The van der Waals surface area contributed by atoms with Gasteiger partial charge < -0.3 is 5.32 Å². The summed E-state index contributed by atoms with van der Waals surface area (Å²) in [5.41, 5.74) is 5.07. The van der Waals surface area contributed by atoms with E-state index in [-0.39, 0.29) is 11.9 Å². The molecule has 0 aliphatic heterocycles. The van der Waals surface area contributed by atoms with E-state index in [1.165, 1.54) is 28.8 Å². The predicted octanol–water partition coefficient (Wildman–Crippen LogP) is 4.29. The van der Waals surface area contributed by atoms with E-state index in [0.29, 0.717) is 0 Å². The molecule has 2 aromatic rings. The van der Waals surface area contributed by atoms with Crippen molar-refractivity contribution in [1.82, 2.24) is 5.32 Å². The highest BCUT2D eigenvalue weighted by Gasteiger charge is 2.06. The third-order valence-corrected chi connectivity index (χ3v) is 3.69. The molecule has 0 aromatic heterocycles. The Kier molecular flexibility index (Phi) is 4.33. The summed E-state index contributed by atoms with van der Waals surface area (Å²) in [7, 11) is 0. The van der Waals surface area contributed by atoms with Crippen LogP contribution in [0.25, 0.3) is 0 Å². The topological polar surface area (TPSA) is 12.0 Å². The molecule has 0 bridgehead atoms. The average molecular weight is 257 g/mol. The van der Waals surface area contributed by atoms with E-state index in [9.17, 15) is 4.39 Å². The van der Waals surface area contributed by atoms with Crippen molar-refractivity contribution in [2.24, 2.45) is 0 Å². The molecule has 0 amide bonds. The molecule has 0 saturated carbocycles. The summed E-state index contributed by atoms with van der Waals surface area (Å²) in [5.74, 6) is -0.189. The summed E-state index contributed by atoms with van der Waals surface area (Å²) in [6.45, 7) is 7.20. The quantitative estimate of drug-likeness (QED) is 0.861. The Morgan fingerprint density at radius 3 is 2.42 bits per heavy atom. The van der Waals surface area contributed by atoms with Crippen LogP contribution >= 0.6 is 0 Å². The van der Waals surface area contributed by atoms with Crippen molar-refractivity contribution in [2.45, 2.75) is 33.4 Å². The molecule has 2 aromatic carbocycles. The molecule has 0 fully saturated rings. The third kappa shape index (κ3) is 3.42. The fourth-order valence-electron chi connectivity index (χ4n) is 2.14. The van der Waals surface area contributed by atoms with Crippen LogP contribution in [0.5, 0.6) is 0 Å². The van der Waals surface area contributed by atoms with Gasteiger partial charge >= 0.3 is 0 Å². The van der Waals surface area contributed by atoms with Gasteiger partial charge in [0.25, 0.3) is 0 Å². The summed E-state index contributed by atoms with van der Waals surface area (Å²) in [4.78, 5) is 0. The average Bonchev–Trinajstić information content (AvgIpc) is 2.41. The normalized spacial score (nSPS) is 12.4. The number of rotatable bonds is 4. The molecule has 1 nitrogen and oxygen atoms in total. The fourth-order valence-corrected chi connectivity index (χ4v) is 2.14. The second-order valence-corrected chi connectivity index (χ2v) is 5.01. The number of aryl methyl sites for hydroxylation is 1. The summed E-state index contributed by atoms with van der Waals surface area (Å²) in [5, 5.41) is 3.48. The zero-order valence-electron chi connectivity index (χ0n) is 11.7. The van der Waals surface area contributed by atoms with Crippen molar-refractivity contribution in [1.29, 1.82) is 0 Å². The van der Waals surface area contributed by atoms with Crippen molar-refractivity contribution < 1.29 is 4.39 Å². The van der Waals surface area contributed by atoms with Crippen LogP contribution in [-0.4, -0.2) is 0 Å². The van der Waals surface area contributed by atoms with Gasteiger partial charge in [-0.3, -0.25) is 0 Å². The van der Waals surface area contributed by atoms with Gasteiger partial charge in [-0.1, -0.05) is 30.3 Å². The number of hydrogen-bond donors (Lipinski definition) is 1. The second kappa shape index (κ2) is 5.98. The van der Waals surface area contributed by atoms with E-state index in [1.807, 2.05) is 12.1 Å². The highest BCUT2D eigenvalue weighted by Crippen LogP contribution is 2.16. The van der Waals surface area contributed by atoms with Gasteiger partial charge in [0.2, 0.25) is 0 Å². The Hall–Kier alpha value is -1.67. The first-order valence-electron chi connectivity index (χ1n) is 6.62. The maximum atomic E-state index is 12.9. The predicted molar refractivity (Wildman–Crippen MR) is 77.6 cm³/mol. The molecule has 1 atom stereocenters. The second-order valence-electron chi connectivity index (χ2n) is 5.01. The van der Waals surface area contributed by atoms with Crippen molar-refractivity contribution in [3.8, 4) is 0 Å². The van der Waals surface area contributed by atoms with Crippen molar-refractivity contribution >= 4 is 0 Å². The summed E-state index contributed by atoms with van der Waals surface area (Å²) in [6.07, 6.45) is 0. The van der Waals surface area contributed by atoms with Crippen LogP contribution in [0.1, 0.15) is 35.2 Å². The SMILES string of the molecule is Cc1cccc(CN[C@H](C)c2ccc(F)cc2)c1C. The first kappa shape index (κ1) is 13.8. The minimum absolute atomic E-state index is 0.189. The summed E-state index contributed by atoms with van der Waals surface area (Å²) in [6, 6.07) is 13.2. The Morgan fingerprint density at radius 1 is 1.05 bits per heavy atom. The lowest BCUT2D eigenvalue weighted by Gasteiger charge is -2.16. The van der Waals surface area contributed by atoms with Gasteiger partial charge in [0.1, 0.15) is 5.82 Å². The zero-order valence-corrected chi connectivity index (χ0v) is 11.7. The van der Waals surface area contributed by atoms with Gasteiger partial charge in [-0.05, 0) is 55.2 Å². The molecule has 0 heterocycles. The highest BCUT2D eigenvalue weighted by atomic mass is 19.1. The van der Waals surface area contributed by atoms with E-state index in [4.69, 9.17) is 0 Å². The molecular weight excluding hydrogens is 237 g/mol. The van der Waals surface area contributed by atoms with Crippen LogP contribution in [-0.2, 0) is 6.54 Å². The maximum Gasteiger partial charge on any atom is 0.123 e. The van der Waals surface area contributed by atoms with Crippen LogP contribution < -0.4 is 5.32 Å². The molecule has 2 heteroatoms. The number of benzene rings is 2. The van der Waals surface area contributed by atoms with Crippen molar-refractivity contribution in [3.05, 3.63) is 70.5 Å². The molecular formula is C17H20FN. The van der Waals surface area contributed by atoms with E-state index in [0.717, 1.165) is 12.1 Å². The van der Waals surface area contributed by atoms with Crippen LogP contribution in [0.3, 0.4) is 0 Å². The minimum Gasteiger partial charge on any atom is -0.306 e. The van der Waals surface area contributed by atoms with Crippen LogP contribution in [0.15, 0.2) is 42.5 Å². The smallest absolute Gasteiger partial charge is 0.123 e. The highest BCUT2D eigenvalue weighted by molar-refractivity contribution is 5.33. The lowest BCUT2D eigenvalue weighted by Crippen LogP contribution is -2.18. The van der Waals surface area contributed by atoms with Crippen LogP contribution in [0.4, 0.5) is 4.39 Å². The molecule has 0 aliphatic rings. The minimum atomic E-state index is -0.189. The Bertz CT molecular complexity index is 546. The Labute approximate surface area is 114 Å². The number of halogens is 1. The Morgan fingerprint density at radius 2 is 1.74 bits per heavy atom. The monoisotopic (exact) mass is 257 g/mol. The molecule has 0 spiro atoms. The first-order valence-corrected chi connectivity index (χ1v) is 6.62. The third-order valence-electron chi connectivity index (χ3n) is 3.69. The largest absolute Gasteiger partial charge is 0.306 e. The number of nitrogens with one attached hydrogen (secondary N) is 1. The van der Waals surface area contributed by atoms with Crippen molar-refractivity contribution in [3.63, 3.8) is 0 Å². The molecule has 1 N–H and O–H groups in total. The lowest BCUT2D eigenvalue weighted by atomic mass is 10.0. The van der Waals surface area contributed by atoms with E-state index >= 15 is 0 Å².